The molecule has 0 aliphatic carbocycles. The van der Waals surface area contributed by atoms with Gasteiger partial charge in [0.1, 0.15) is 6.04 Å². The Morgan fingerprint density at radius 2 is 2.20 bits per heavy atom. The molecule has 5 heteroatoms. The second kappa shape index (κ2) is 5.11. The van der Waals surface area contributed by atoms with E-state index in [1.54, 1.807) is 25.3 Å². The van der Waals surface area contributed by atoms with Crippen molar-refractivity contribution in [3.63, 3.8) is 0 Å². The Labute approximate surface area is 86.5 Å². The number of halogens is 3. The molecule has 0 aliphatic rings. The summed E-state index contributed by atoms with van der Waals surface area (Å²) in [5.41, 5.74) is 0.584. The highest BCUT2D eigenvalue weighted by Gasteiger charge is 2.38. The van der Waals surface area contributed by atoms with Gasteiger partial charge in [0.15, 0.2) is 0 Å². The smallest absolute Gasteiger partial charge is 0.306 e. The zero-order valence-corrected chi connectivity index (χ0v) is 8.38. The molecule has 0 amide bonds. The Bertz CT molecular complexity index is 284. The van der Waals surface area contributed by atoms with Crippen molar-refractivity contribution in [3.8, 4) is 0 Å². The average Bonchev–Trinajstić information content (AvgIpc) is 2.17. The second-order valence-electron chi connectivity index (χ2n) is 3.22. The summed E-state index contributed by atoms with van der Waals surface area (Å²) in [5.74, 6) is 0. The highest BCUT2D eigenvalue weighted by Crippen LogP contribution is 2.22. The number of nitrogens with zero attached hydrogens (tertiary/aromatic N) is 1. The number of pyridine rings is 1. The van der Waals surface area contributed by atoms with Crippen LogP contribution in [0.15, 0.2) is 24.5 Å². The third-order valence-electron chi connectivity index (χ3n) is 2.01. The van der Waals surface area contributed by atoms with E-state index in [-0.39, 0.29) is 6.42 Å². The molecule has 0 fully saturated rings. The standard InChI is InChI=1S/C10H13F3N2/c1-2-15-9(10(11,12)13)6-8-4-3-5-14-7-8/h3-5,7,9,15H,2,6H2,1H3. The number of aromatic nitrogens is 1. The first-order valence-corrected chi connectivity index (χ1v) is 4.73. The molecule has 1 unspecified atom stereocenters. The van der Waals surface area contributed by atoms with Crippen LogP contribution in [-0.2, 0) is 6.42 Å². The quantitative estimate of drug-likeness (QED) is 0.837. The van der Waals surface area contributed by atoms with Gasteiger partial charge in [0, 0.05) is 12.4 Å². The number of rotatable bonds is 4. The van der Waals surface area contributed by atoms with Gasteiger partial charge < -0.3 is 5.32 Å². The number of likely N-dealkylation sites (N-methyl/N-ethyl adjacent to an activating group) is 1. The summed E-state index contributed by atoms with van der Waals surface area (Å²) in [6, 6.07) is 1.78. The van der Waals surface area contributed by atoms with Gasteiger partial charge in [0.2, 0.25) is 0 Å². The molecule has 0 aliphatic heterocycles. The van der Waals surface area contributed by atoms with E-state index in [0.717, 1.165) is 0 Å². The van der Waals surface area contributed by atoms with E-state index in [2.05, 4.69) is 10.3 Å². The van der Waals surface area contributed by atoms with Crippen LogP contribution in [0.3, 0.4) is 0 Å². The highest BCUT2D eigenvalue weighted by molar-refractivity contribution is 5.10. The molecule has 0 spiro atoms. The fourth-order valence-corrected chi connectivity index (χ4v) is 1.30. The van der Waals surface area contributed by atoms with Crippen molar-refractivity contribution < 1.29 is 13.2 Å². The first kappa shape index (κ1) is 12.0. The Balaban J connectivity index is 2.67. The van der Waals surface area contributed by atoms with Gasteiger partial charge in [-0.1, -0.05) is 13.0 Å². The van der Waals surface area contributed by atoms with Gasteiger partial charge in [-0.2, -0.15) is 13.2 Å². The molecule has 0 radical (unpaired) electrons. The third kappa shape index (κ3) is 3.87. The van der Waals surface area contributed by atoms with Crippen LogP contribution in [0.1, 0.15) is 12.5 Å². The lowest BCUT2D eigenvalue weighted by Gasteiger charge is -2.20. The summed E-state index contributed by atoms with van der Waals surface area (Å²) in [6.07, 6.45) is -1.30. The fourth-order valence-electron chi connectivity index (χ4n) is 1.30. The Morgan fingerprint density at radius 1 is 1.47 bits per heavy atom. The Kier molecular flexibility index (Phi) is 4.08. The van der Waals surface area contributed by atoms with E-state index in [1.807, 2.05) is 0 Å². The molecule has 15 heavy (non-hydrogen) atoms. The minimum atomic E-state index is -4.22. The normalized spacial score (nSPS) is 13.9. The van der Waals surface area contributed by atoms with Crippen LogP contribution in [-0.4, -0.2) is 23.7 Å². The summed E-state index contributed by atoms with van der Waals surface area (Å²) < 4.78 is 37.5. The van der Waals surface area contributed by atoms with Crippen molar-refractivity contribution in [2.45, 2.75) is 25.6 Å². The summed E-state index contributed by atoms with van der Waals surface area (Å²) in [6.45, 7) is 1.95. The number of nitrogens with one attached hydrogen (secondary N) is 1. The average molecular weight is 218 g/mol. The maximum Gasteiger partial charge on any atom is 0.404 e. The summed E-state index contributed by atoms with van der Waals surface area (Å²) >= 11 is 0. The minimum Gasteiger partial charge on any atom is -0.306 e. The van der Waals surface area contributed by atoms with E-state index in [1.165, 1.54) is 6.20 Å². The monoisotopic (exact) mass is 218 g/mol. The van der Waals surface area contributed by atoms with Crippen molar-refractivity contribution in [1.82, 2.24) is 10.3 Å². The lowest BCUT2D eigenvalue weighted by molar-refractivity contribution is -0.155. The SMILES string of the molecule is CCNC(Cc1cccnc1)C(F)(F)F. The molecule has 1 aromatic heterocycles. The van der Waals surface area contributed by atoms with Crippen LogP contribution in [0.4, 0.5) is 13.2 Å². The van der Waals surface area contributed by atoms with Crippen LogP contribution in [0.25, 0.3) is 0 Å². The first-order valence-electron chi connectivity index (χ1n) is 4.73. The predicted molar refractivity (Wildman–Crippen MR) is 51.5 cm³/mol. The number of hydrogen-bond acceptors (Lipinski definition) is 2. The van der Waals surface area contributed by atoms with Gasteiger partial charge in [0.05, 0.1) is 0 Å². The van der Waals surface area contributed by atoms with Gasteiger partial charge in [-0.25, -0.2) is 0 Å². The number of hydrogen-bond donors (Lipinski definition) is 1. The lowest BCUT2D eigenvalue weighted by atomic mass is 10.1. The molecule has 1 heterocycles. The molecule has 1 N–H and O–H groups in total. The van der Waals surface area contributed by atoms with Crippen molar-refractivity contribution in [2.24, 2.45) is 0 Å². The summed E-state index contributed by atoms with van der Waals surface area (Å²) in [7, 11) is 0. The Hall–Kier alpha value is -1.10. The maximum atomic E-state index is 12.5. The van der Waals surface area contributed by atoms with Crippen molar-refractivity contribution in [1.29, 1.82) is 0 Å². The van der Waals surface area contributed by atoms with Crippen molar-refractivity contribution >= 4 is 0 Å². The molecule has 1 atom stereocenters. The van der Waals surface area contributed by atoms with Gasteiger partial charge in [-0.05, 0) is 24.6 Å². The molecule has 84 valence electrons. The van der Waals surface area contributed by atoms with E-state index >= 15 is 0 Å². The van der Waals surface area contributed by atoms with Crippen LogP contribution in [0.2, 0.25) is 0 Å². The summed E-state index contributed by atoms with van der Waals surface area (Å²) in [4.78, 5) is 3.78. The van der Waals surface area contributed by atoms with Crippen LogP contribution in [0, 0.1) is 0 Å². The van der Waals surface area contributed by atoms with Gasteiger partial charge in [-0.15, -0.1) is 0 Å². The van der Waals surface area contributed by atoms with E-state index in [4.69, 9.17) is 0 Å². The van der Waals surface area contributed by atoms with Crippen LogP contribution in [0.5, 0.6) is 0 Å². The molecular weight excluding hydrogens is 205 g/mol. The molecule has 1 rings (SSSR count). The molecular formula is C10H13F3N2. The van der Waals surface area contributed by atoms with Gasteiger partial charge in [-0.3, -0.25) is 4.98 Å². The van der Waals surface area contributed by atoms with E-state index < -0.39 is 12.2 Å². The number of alkyl halides is 3. The van der Waals surface area contributed by atoms with Crippen LogP contribution >= 0.6 is 0 Å². The maximum absolute atomic E-state index is 12.5. The summed E-state index contributed by atoms with van der Waals surface area (Å²) in [5, 5.41) is 2.42. The molecule has 1 aromatic rings. The third-order valence-corrected chi connectivity index (χ3v) is 2.01. The molecule has 0 saturated heterocycles. The zero-order valence-electron chi connectivity index (χ0n) is 8.38. The minimum absolute atomic E-state index is 0.0782. The molecule has 0 saturated carbocycles. The predicted octanol–water partition coefficient (Wildman–Crippen LogP) is 2.16. The zero-order chi connectivity index (χ0) is 11.3. The topological polar surface area (TPSA) is 24.9 Å². The fraction of sp³-hybridized carbons (Fsp3) is 0.500. The van der Waals surface area contributed by atoms with E-state index in [9.17, 15) is 13.2 Å². The van der Waals surface area contributed by atoms with Crippen molar-refractivity contribution in [3.05, 3.63) is 30.1 Å². The van der Waals surface area contributed by atoms with Crippen molar-refractivity contribution in [2.75, 3.05) is 6.54 Å². The molecule has 0 aromatic carbocycles. The van der Waals surface area contributed by atoms with E-state index in [0.29, 0.717) is 12.1 Å². The second-order valence-corrected chi connectivity index (χ2v) is 3.22. The largest absolute Gasteiger partial charge is 0.404 e. The van der Waals surface area contributed by atoms with Crippen LogP contribution < -0.4 is 5.32 Å². The van der Waals surface area contributed by atoms with Gasteiger partial charge in [0.25, 0.3) is 0 Å². The first-order chi connectivity index (χ1) is 7.04. The highest BCUT2D eigenvalue weighted by atomic mass is 19.4. The molecule has 2 nitrogen and oxygen atoms in total. The molecule has 0 bridgehead atoms. The van der Waals surface area contributed by atoms with Gasteiger partial charge >= 0.3 is 6.18 Å². The Morgan fingerprint density at radius 3 is 2.67 bits per heavy atom. The lowest BCUT2D eigenvalue weighted by Crippen LogP contribution is -2.43.